The first-order chi connectivity index (χ1) is 7.77. The van der Waals surface area contributed by atoms with Crippen LogP contribution >= 0.6 is 11.6 Å². The third kappa shape index (κ3) is 2.53. The normalized spacial score (nSPS) is 12.4. The fourth-order valence-electron chi connectivity index (χ4n) is 1.40. The number of aromatic nitrogens is 3. The fourth-order valence-corrected chi connectivity index (χ4v) is 1.60. The van der Waals surface area contributed by atoms with Crippen molar-refractivity contribution >= 4 is 11.6 Å². The van der Waals surface area contributed by atoms with E-state index in [1.54, 1.807) is 30.9 Å². The Kier molecular flexibility index (Phi) is 3.44. The van der Waals surface area contributed by atoms with Crippen molar-refractivity contribution in [2.75, 3.05) is 0 Å². The molecule has 2 N–H and O–H groups in total. The zero-order valence-electron chi connectivity index (χ0n) is 8.55. The molecule has 2 heterocycles. The Labute approximate surface area is 98.5 Å². The maximum absolute atomic E-state index is 6.00. The molecule has 0 radical (unpaired) electrons. The molecule has 0 aliphatic carbocycles. The molecular weight excluding hydrogens is 224 g/mol. The summed E-state index contributed by atoms with van der Waals surface area (Å²) < 4.78 is 0. The second kappa shape index (κ2) is 5.01. The molecule has 0 saturated carbocycles. The number of nitrogens with zero attached hydrogens (tertiary/aromatic N) is 3. The third-order valence-corrected chi connectivity index (χ3v) is 2.55. The first-order valence-corrected chi connectivity index (χ1v) is 5.26. The molecule has 0 fully saturated rings. The average Bonchev–Trinajstić information content (AvgIpc) is 2.33. The molecule has 0 spiro atoms. The van der Waals surface area contributed by atoms with Gasteiger partial charge in [-0.05, 0) is 24.1 Å². The van der Waals surface area contributed by atoms with Crippen LogP contribution < -0.4 is 5.73 Å². The molecular formula is C11H11ClN4. The van der Waals surface area contributed by atoms with Crippen molar-refractivity contribution in [3.63, 3.8) is 0 Å². The molecule has 0 aromatic carbocycles. The van der Waals surface area contributed by atoms with Crippen molar-refractivity contribution in [2.45, 2.75) is 12.5 Å². The molecule has 2 rings (SSSR count). The number of nitrogens with two attached hydrogens (primary N) is 1. The molecule has 0 amide bonds. The molecule has 2 aromatic heterocycles. The monoisotopic (exact) mass is 234 g/mol. The Morgan fingerprint density at radius 3 is 2.69 bits per heavy atom. The second-order valence-corrected chi connectivity index (χ2v) is 3.79. The first-order valence-electron chi connectivity index (χ1n) is 4.88. The molecule has 0 aliphatic heterocycles. The Hall–Kier alpha value is -1.52. The Morgan fingerprint density at radius 2 is 2.00 bits per heavy atom. The summed E-state index contributed by atoms with van der Waals surface area (Å²) in [6.45, 7) is 0. The van der Waals surface area contributed by atoms with Crippen molar-refractivity contribution in [2.24, 2.45) is 5.73 Å². The number of pyridine rings is 1. The minimum absolute atomic E-state index is 0.249. The van der Waals surface area contributed by atoms with Crippen molar-refractivity contribution in [3.8, 4) is 0 Å². The third-order valence-electron chi connectivity index (χ3n) is 2.21. The van der Waals surface area contributed by atoms with Crippen LogP contribution in [-0.2, 0) is 6.42 Å². The SMILES string of the molecule is NC(Cc1ccncc1Cl)c1ncccn1. The number of rotatable bonds is 3. The highest BCUT2D eigenvalue weighted by Crippen LogP contribution is 2.18. The summed E-state index contributed by atoms with van der Waals surface area (Å²) in [5.74, 6) is 0.621. The second-order valence-electron chi connectivity index (χ2n) is 3.38. The standard InChI is InChI=1S/C11H11ClN4/c12-9-7-14-5-2-8(9)6-10(13)11-15-3-1-4-16-11/h1-5,7,10H,6,13H2. The Balaban J connectivity index is 2.14. The maximum atomic E-state index is 6.00. The van der Waals surface area contributed by atoms with E-state index in [4.69, 9.17) is 17.3 Å². The van der Waals surface area contributed by atoms with E-state index in [1.807, 2.05) is 6.07 Å². The average molecular weight is 235 g/mol. The topological polar surface area (TPSA) is 64.7 Å². The van der Waals surface area contributed by atoms with Gasteiger partial charge in [-0.15, -0.1) is 0 Å². The number of hydrogen-bond donors (Lipinski definition) is 1. The van der Waals surface area contributed by atoms with E-state index < -0.39 is 0 Å². The molecule has 82 valence electrons. The predicted molar refractivity (Wildman–Crippen MR) is 61.9 cm³/mol. The Bertz CT molecular complexity index is 461. The molecule has 2 aromatic rings. The fraction of sp³-hybridized carbons (Fsp3) is 0.182. The minimum Gasteiger partial charge on any atom is -0.321 e. The van der Waals surface area contributed by atoms with Crippen LogP contribution in [0.2, 0.25) is 5.02 Å². The number of halogens is 1. The van der Waals surface area contributed by atoms with Gasteiger partial charge in [0.2, 0.25) is 0 Å². The van der Waals surface area contributed by atoms with Crippen LogP contribution in [0.4, 0.5) is 0 Å². The van der Waals surface area contributed by atoms with Crippen LogP contribution in [-0.4, -0.2) is 15.0 Å². The van der Waals surface area contributed by atoms with E-state index in [-0.39, 0.29) is 6.04 Å². The largest absolute Gasteiger partial charge is 0.321 e. The van der Waals surface area contributed by atoms with Crippen molar-refractivity contribution < 1.29 is 0 Å². The first kappa shape index (κ1) is 11.0. The van der Waals surface area contributed by atoms with E-state index in [0.717, 1.165) is 5.56 Å². The molecule has 4 nitrogen and oxygen atoms in total. The van der Waals surface area contributed by atoms with Gasteiger partial charge in [0.05, 0.1) is 11.1 Å². The van der Waals surface area contributed by atoms with Crippen molar-refractivity contribution in [3.05, 3.63) is 53.3 Å². The van der Waals surface area contributed by atoms with Gasteiger partial charge in [-0.2, -0.15) is 0 Å². The lowest BCUT2D eigenvalue weighted by molar-refractivity contribution is 0.666. The van der Waals surface area contributed by atoms with Crippen LogP contribution in [0.25, 0.3) is 0 Å². The summed E-state index contributed by atoms with van der Waals surface area (Å²) >= 11 is 6.00. The van der Waals surface area contributed by atoms with E-state index >= 15 is 0 Å². The quantitative estimate of drug-likeness (QED) is 0.879. The zero-order chi connectivity index (χ0) is 11.4. The highest BCUT2D eigenvalue weighted by molar-refractivity contribution is 6.31. The van der Waals surface area contributed by atoms with Crippen LogP contribution in [0.3, 0.4) is 0 Å². The van der Waals surface area contributed by atoms with Gasteiger partial charge in [-0.25, -0.2) is 9.97 Å². The molecule has 0 aliphatic rings. The summed E-state index contributed by atoms with van der Waals surface area (Å²) in [7, 11) is 0. The van der Waals surface area contributed by atoms with Gasteiger partial charge >= 0.3 is 0 Å². The number of hydrogen-bond acceptors (Lipinski definition) is 4. The van der Waals surface area contributed by atoms with Crippen LogP contribution in [0, 0.1) is 0 Å². The van der Waals surface area contributed by atoms with Crippen molar-refractivity contribution in [1.29, 1.82) is 0 Å². The summed E-state index contributed by atoms with van der Waals surface area (Å²) in [6, 6.07) is 3.36. The van der Waals surface area contributed by atoms with E-state index in [0.29, 0.717) is 17.3 Å². The lowest BCUT2D eigenvalue weighted by Gasteiger charge is -2.10. The van der Waals surface area contributed by atoms with Crippen molar-refractivity contribution in [1.82, 2.24) is 15.0 Å². The van der Waals surface area contributed by atoms with Gasteiger partial charge in [0, 0.05) is 24.8 Å². The van der Waals surface area contributed by atoms with Gasteiger partial charge in [-0.3, -0.25) is 4.98 Å². The molecule has 5 heteroatoms. The van der Waals surface area contributed by atoms with Gasteiger partial charge in [0.15, 0.2) is 0 Å². The summed E-state index contributed by atoms with van der Waals surface area (Å²) in [5, 5.41) is 0.619. The highest BCUT2D eigenvalue weighted by Gasteiger charge is 2.11. The van der Waals surface area contributed by atoms with E-state index in [2.05, 4.69) is 15.0 Å². The summed E-state index contributed by atoms with van der Waals surface area (Å²) in [5.41, 5.74) is 6.95. The van der Waals surface area contributed by atoms with Gasteiger partial charge in [0.1, 0.15) is 5.82 Å². The summed E-state index contributed by atoms with van der Waals surface area (Å²) in [6.07, 6.45) is 7.26. The summed E-state index contributed by atoms with van der Waals surface area (Å²) in [4.78, 5) is 12.1. The van der Waals surface area contributed by atoms with E-state index in [1.165, 1.54) is 0 Å². The Morgan fingerprint density at radius 1 is 1.25 bits per heavy atom. The van der Waals surface area contributed by atoms with Gasteiger partial charge < -0.3 is 5.73 Å². The lowest BCUT2D eigenvalue weighted by Crippen LogP contribution is -2.16. The molecule has 16 heavy (non-hydrogen) atoms. The lowest BCUT2D eigenvalue weighted by atomic mass is 10.1. The van der Waals surface area contributed by atoms with Crippen LogP contribution in [0.5, 0.6) is 0 Å². The maximum Gasteiger partial charge on any atom is 0.145 e. The van der Waals surface area contributed by atoms with Gasteiger partial charge in [0.25, 0.3) is 0 Å². The minimum atomic E-state index is -0.249. The zero-order valence-corrected chi connectivity index (χ0v) is 9.30. The smallest absolute Gasteiger partial charge is 0.145 e. The molecule has 0 saturated heterocycles. The van der Waals surface area contributed by atoms with E-state index in [9.17, 15) is 0 Å². The molecule has 0 bridgehead atoms. The van der Waals surface area contributed by atoms with Gasteiger partial charge in [-0.1, -0.05) is 11.6 Å². The van der Waals surface area contributed by atoms with Crippen LogP contribution in [0.1, 0.15) is 17.4 Å². The molecule has 1 atom stereocenters. The van der Waals surface area contributed by atoms with Crippen LogP contribution in [0.15, 0.2) is 36.9 Å². The molecule has 1 unspecified atom stereocenters. The highest BCUT2D eigenvalue weighted by atomic mass is 35.5. The predicted octanol–water partition coefficient (Wildman–Crippen LogP) is 1.77.